The molecular formula is C5H2ClNO4S. The lowest BCUT2D eigenvalue weighted by Crippen LogP contribution is -2.08. The molecule has 7 heteroatoms. The maximum atomic E-state index is 10.7. The maximum absolute atomic E-state index is 10.7. The van der Waals surface area contributed by atoms with Gasteiger partial charge >= 0.3 is 10.4 Å². The Morgan fingerprint density at radius 1 is 1.42 bits per heavy atom. The lowest BCUT2D eigenvalue weighted by Gasteiger charge is -1.91. The van der Waals surface area contributed by atoms with Gasteiger partial charge in [-0.2, -0.15) is 0 Å². The van der Waals surface area contributed by atoms with E-state index >= 15 is 0 Å². The number of halogens is 1. The summed E-state index contributed by atoms with van der Waals surface area (Å²) in [5.74, 6) is 0.00849. The van der Waals surface area contributed by atoms with Crippen LogP contribution in [0.3, 0.4) is 0 Å². The summed E-state index contributed by atoms with van der Waals surface area (Å²) in [4.78, 5) is 3.61. The molecule has 1 aromatic heterocycles. The molecule has 0 saturated heterocycles. The van der Waals surface area contributed by atoms with E-state index in [1.807, 2.05) is 0 Å². The average molecular weight is 208 g/mol. The monoisotopic (exact) mass is 207 g/mol. The van der Waals surface area contributed by atoms with E-state index in [9.17, 15) is 8.42 Å². The van der Waals surface area contributed by atoms with Crippen molar-refractivity contribution in [2.24, 2.45) is 0 Å². The lowest BCUT2D eigenvalue weighted by atomic mass is 10.4. The molecule has 64 valence electrons. The minimum Gasteiger partial charge on any atom is -0.349 e. The number of rotatable bonds is 0. The molecule has 0 atom stereocenters. The number of hydrogen-bond donors (Lipinski definition) is 0. The third-order valence-electron chi connectivity index (χ3n) is 1.20. The first-order valence-electron chi connectivity index (χ1n) is 2.87. The summed E-state index contributed by atoms with van der Waals surface area (Å²) >= 11 is 5.52. The van der Waals surface area contributed by atoms with E-state index in [0.717, 1.165) is 0 Å². The molecule has 0 aliphatic carbocycles. The van der Waals surface area contributed by atoms with Crippen molar-refractivity contribution in [2.45, 2.75) is 0 Å². The molecule has 5 nitrogen and oxygen atoms in total. The Kier molecular flexibility index (Phi) is 1.42. The van der Waals surface area contributed by atoms with Crippen LogP contribution in [-0.2, 0) is 10.4 Å². The molecule has 0 spiro atoms. The summed E-state index contributed by atoms with van der Waals surface area (Å²) in [7, 11) is -3.95. The summed E-state index contributed by atoms with van der Waals surface area (Å²) in [6, 6.07) is 1.35. The summed E-state index contributed by atoms with van der Waals surface area (Å²) in [5, 5.41) is -0.0337. The fourth-order valence-corrected chi connectivity index (χ4v) is 1.76. The van der Waals surface area contributed by atoms with Crippen LogP contribution in [0.1, 0.15) is 0 Å². The summed E-state index contributed by atoms with van der Waals surface area (Å²) in [5.41, 5.74) is 0. The van der Waals surface area contributed by atoms with Crippen LogP contribution < -0.4 is 8.37 Å². The van der Waals surface area contributed by atoms with Crippen molar-refractivity contribution in [3.63, 3.8) is 0 Å². The van der Waals surface area contributed by atoms with Crippen molar-refractivity contribution in [1.82, 2.24) is 4.98 Å². The van der Waals surface area contributed by atoms with Crippen LogP contribution >= 0.6 is 11.6 Å². The van der Waals surface area contributed by atoms with E-state index in [4.69, 9.17) is 11.6 Å². The highest BCUT2D eigenvalue weighted by molar-refractivity contribution is 7.82. The molecule has 0 amide bonds. The van der Waals surface area contributed by atoms with E-state index in [-0.39, 0.29) is 16.7 Å². The zero-order valence-electron chi connectivity index (χ0n) is 5.52. The van der Waals surface area contributed by atoms with Crippen molar-refractivity contribution >= 4 is 22.0 Å². The zero-order chi connectivity index (χ0) is 8.77. The predicted octanol–water partition coefficient (Wildman–Crippen LogP) is 0.751. The number of nitrogens with zero attached hydrogens (tertiary/aromatic N) is 1. The van der Waals surface area contributed by atoms with E-state index in [1.165, 1.54) is 12.3 Å². The van der Waals surface area contributed by atoms with Crippen LogP contribution in [0.25, 0.3) is 0 Å². The fraction of sp³-hybridized carbons (Fsp3) is 0. The number of hydrogen-bond acceptors (Lipinski definition) is 5. The minimum absolute atomic E-state index is 0.0337. The number of fused-ring (bicyclic) bond motifs is 1. The van der Waals surface area contributed by atoms with E-state index in [0.29, 0.717) is 0 Å². The first-order chi connectivity index (χ1) is 5.58. The molecule has 0 radical (unpaired) electrons. The zero-order valence-corrected chi connectivity index (χ0v) is 7.09. The molecule has 1 aliphatic rings. The SMILES string of the molecule is O=S1(=O)Oc2ccnc(Cl)c2O1. The van der Waals surface area contributed by atoms with Gasteiger partial charge in [-0.1, -0.05) is 11.6 Å². The van der Waals surface area contributed by atoms with Crippen LogP contribution in [0.2, 0.25) is 5.15 Å². The van der Waals surface area contributed by atoms with Gasteiger partial charge in [0.2, 0.25) is 5.75 Å². The van der Waals surface area contributed by atoms with E-state index < -0.39 is 10.4 Å². The molecule has 1 aromatic rings. The van der Waals surface area contributed by atoms with Crippen molar-refractivity contribution in [2.75, 3.05) is 0 Å². The second-order valence-corrected chi connectivity index (χ2v) is 3.51. The summed E-state index contributed by atoms with van der Waals surface area (Å²) < 4.78 is 30.2. The van der Waals surface area contributed by atoms with E-state index in [2.05, 4.69) is 13.4 Å². The number of pyridine rings is 1. The molecule has 12 heavy (non-hydrogen) atoms. The maximum Gasteiger partial charge on any atom is 0.501 e. The average Bonchev–Trinajstić information content (AvgIpc) is 2.25. The van der Waals surface area contributed by atoms with Gasteiger partial charge in [0.1, 0.15) is 0 Å². The topological polar surface area (TPSA) is 65.5 Å². The Morgan fingerprint density at radius 3 is 2.83 bits per heavy atom. The van der Waals surface area contributed by atoms with Crippen LogP contribution in [0, 0.1) is 0 Å². The molecular weight excluding hydrogens is 206 g/mol. The quantitative estimate of drug-likeness (QED) is 0.588. The first-order valence-corrected chi connectivity index (χ1v) is 4.58. The summed E-state index contributed by atoms with van der Waals surface area (Å²) in [6.07, 6.45) is 1.32. The van der Waals surface area contributed by atoms with Crippen LogP contribution in [0.5, 0.6) is 11.5 Å². The Hall–Kier alpha value is -1.01. The molecule has 2 heterocycles. The van der Waals surface area contributed by atoms with Crippen molar-refractivity contribution < 1.29 is 16.8 Å². The van der Waals surface area contributed by atoms with Gasteiger partial charge in [-0.3, -0.25) is 0 Å². The molecule has 0 aromatic carbocycles. The van der Waals surface area contributed by atoms with Gasteiger partial charge in [-0.25, -0.2) is 4.98 Å². The molecule has 0 unspecified atom stereocenters. The predicted molar refractivity (Wildman–Crippen MR) is 39.4 cm³/mol. The fourth-order valence-electron chi connectivity index (χ4n) is 0.776. The largest absolute Gasteiger partial charge is 0.501 e. The second kappa shape index (κ2) is 2.24. The molecule has 0 saturated carbocycles. The third-order valence-corrected chi connectivity index (χ3v) is 2.23. The van der Waals surface area contributed by atoms with E-state index in [1.54, 1.807) is 0 Å². The molecule has 0 N–H and O–H groups in total. The molecule has 0 bridgehead atoms. The normalized spacial score (nSPS) is 17.8. The first kappa shape index (κ1) is 7.63. The van der Waals surface area contributed by atoms with Gasteiger partial charge in [-0.05, 0) is 0 Å². The third kappa shape index (κ3) is 1.09. The minimum atomic E-state index is -3.95. The summed E-state index contributed by atoms with van der Waals surface area (Å²) in [6.45, 7) is 0. The van der Waals surface area contributed by atoms with Gasteiger partial charge in [0.15, 0.2) is 10.9 Å². The smallest absolute Gasteiger partial charge is 0.349 e. The molecule has 1 aliphatic heterocycles. The number of aromatic nitrogens is 1. The highest BCUT2D eigenvalue weighted by Crippen LogP contribution is 2.39. The van der Waals surface area contributed by atoms with Crippen LogP contribution in [-0.4, -0.2) is 13.4 Å². The van der Waals surface area contributed by atoms with Gasteiger partial charge in [0.05, 0.1) is 0 Å². The van der Waals surface area contributed by atoms with Gasteiger partial charge in [0.25, 0.3) is 0 Å². The molecule has 2 rings (SSSR count). The van der Waals surface area contributed by atoms with Crippen molar-refractivity contribution in [3.8, 4) is 11.5 Å². The second-order valence-electron chi connectivity index (χ2n) is 2.00. The van der Waals surface area contributed by atoms with Crippen molar-refractivity contribution in [3.05, 3.63) is 17.4 Å². The Bertz CT molecular complexity index is 429. The lowest BCUT2D eigenvalue weighted by molar-refractivity contribution is 0.436. The highest BCUT2D eigenvalue weighted by Gasteiger charge is 2.30. The van der Waals surface area contributed by atoms with Gasteiger partial charge in [0, 0.05) is 12.3 Å². The van der Waals surface area contributed by atoms with Gasteiger partial charge in [-0.15, -0.1) is 8.42 Å². The Labute approximate surface area is 73.2 Å². The van der Waals surface area contributed by atoms with Crippen molar-refractivity contribution in [1.29, 1.82) is 0 Å². The standard InChI is InChI=1S/C5H2ClNO4S/c6-5-4-3(1-2-7-5)10-12(8,9)11-4/h1-2H. The Balaban J connectivity index is 2.63. The van der Waals surface area contributed by atoms with Crippen LogP contribution in [0.4, 0.5) is 0 Å². The Morgan fingerprint density at radius 2 is 2.17 bits per heavy atom. The molecule has 0 fully saturated rings. The highest BCUT2D eigenvalue weighted by atomic mass is 35.5. The van der Waals surface area contributed by atoms with Gasteiger partial charge < -0.3 is 8.37 Å². The van der Waals surface area contributed by atoms with Crippen LogP contribution in [0.15, 0.2) is 12.3 Å².